The summed E-state index contributed by atoms with van der Waals surface area (Å²) < 4.78 is 13.8. The molecule has 0 saturated carbocycles. The van der Waals surface area contributed by atoms with Crippen LogP contribution >= 0.6 is 0 Å². The van der Waals surface area contributed by atoms with Crippen molar-refractivity contribution in [2.45, 2.75) is 6.92 Å². The average molecular weight is 243 g/mol. The van der Waals surface area contributed by atoms with Gasteiger partial charge < -0.3 is 5.43 Å². The van der Waals surface area contributed by atoms with Crippen molar-refractivity contribution < 1.29 is 4.39 Å². The van der Waals surface area contributed by atoms with Gasteiger partial charge in [0, 0.05) is 0 Å². The molecule has 0 aromatic heterocycles. The summed E-state index contributed by atoms with van der Waals surface area (Å²) in [5.74, 6) is 5.37. The maximum Gasteiger partial charge on any atom is 0.150 e. The number of nitrogens with two attached hydrogens (primary N) is 1. The van der Waals surface area contributed by atoms with E-state index in [2.05, 4.69) is 10.4 Å². The highest BCUT2D eigenvalue weighted by atomic mass is 19.1. The van der Waals surface area contributed by atoms with Gasteiger partial charge in [0.05, 0.1) is 11.3 Å². The molecule has 0 heterocycles. The number of hydrazine groups is 1. The number of benzene rings is 2. The minimum atomic E-state index is -0.345. The Balaban J connectivity index is 2.42. The van der Waals surface area contributed by atoms with E-state index >= 15 is 0 Å². The number of nitrogens with one attached hydrogen (secondary N) is 1. The molecule has 2 aromatic carbocycles. The molecule has 0 amide bonds. The van der Waals surface area contributed by atoms with Crippen LogP contribution in [0.25, 0.3) is 0 Å². The highest BCUT2D eigenvalue weighted by molar-refractivity contribution is 6.00. The van der Waals surface area contributed by atoms with E-state index in [1.165, 1.54) is 6.07 Å². The fraction of sp³-hybridized carbons (Fsp3) is 0.0714. The van der Waals surface area contributed by atoms with E-state index in [1.807, 2.05) is 43.3 Å². The first kappa shape index (κ1) is 12.3. The SMILES string of the molecule is Cc1ccc(C(=Nc2ccccc2)NN)c(F)c1. The molecule has 0 bridgehead atoms. The van der Waals surface area contributed by atoms with Gasteiger partial charge in [-0.25, -0.2) is 15.2 Å². The number of amidine groups is 1. The number of rotatable bonds is 2. The monoisotopic (exact) mass is 243 g/mol. The molecular weight excluding hydrogens is 229 g/mol. The molecule has 0 aliphatic heterocycles. The Morgan fingerprint density at radius 3 is 2.50 bits per heavy atom. The Hall–Kier alpha value is -2.20. The van der Waals surface area contributed by atoms with Crippen LogP contribution in [0.15, 0.2) is 53.5 Å². The van der Waals surface area contributed by atoms with Crippen molar-refractivity contribution in [3.8, 4) is 0 Å². The maximum absolute atomic E-state index is 13.8. The van der Waals surface area contributed by atoms with Gasteiger partial charge in [0.1, 0.15) is 5.82 Å². The lowest BCUT2D eigenvalue weighted by Gasteiger charge is -2.07. The van der Waals surface area contributed by atoms with Crippen LogP contribution in [-0.2, 0) is 0 Å². The summed E-state index contributed by atoms with van der Waals surface area (Å²) in [4.78, 5) is 4.28. The molecule has 18 heavy (non-hydrogen) atoms. The van der Waals surface area contributed by atoms with E-state index in [9.17, 15) is 4.39 Å². The van der Waals surface area contributed by atoms with Gasteiger partial charge in [-0.15, -0.1) is 0 Å². The predicted molar refractivity (Wildman–Crippen MR) is 71.1 cm³/mol. The summed E-state index contributed by atoms with van der Waals surface area (Å²) >= 11 is 0. The highest BCUT2D eigenvalue weighted by Crippen LogP contribution is 2.15. The number of hydrogen-bond donors (Lipinski definition) is 2. The molecule has 3 N–H and O–H groups in total. The van der Waals surface area contributed by atoms with E-state index in [4.69, 9.17) is 5.84 Å². The minimum Gasteiger partial charge on any atom is -0.308 e. The second kappa shape index (κ2) is 5.42. The van der Waals surface area contributed by atoms with Gasteiger partial charge in [-0.1, -0.05) is 24.3 Å². The summed E-state index contributed by atoms with van der Waals surface area (Å²) in [6.07, 6.45) is 0. The molecule has 0 spiro atoms. The number of aliphatic imine (C=N–C) groups is 1. The number of nitrogens with zero attached hydrogens (tertiary/aromatic N) is 1. The van der Waals surface area contributed by atoms with Crippen LogP contribution in [0.4, 0.5) is 10.1 Å². The maximum atomic E-state index is 13.8. The van der Waals surface area contributed by atoms with Crippen molar-refractivity contribution in [2.75, 3.05) is 0 Å². The second-order valence-corrected chi connectivity index (χ2v) is 3.92. The zero-order valence-corrected chi connectivity index (χ0v) is 10.0. The summed E-state index contributed by atoms with van der Waals surface area (Å²) in [6.45, 7) is 1.83. The third-order valence-electron chi connectivity index (χ3n) is 2.51. The van der Waals surface area contributed by atoms with Gasteiger partial charge in [-0.2, -0.15) is 0 Å². The lowest BCUT2D eigenvalue weighted by atomic mass is 10.1. The summed E-state index contributed by atoms with van der Waals surface area (Å²) in [5.41, 5.74) is 4.36. The molecule has 3 nitrogen and oxygen atoms in total. The largest absolute Gasteiger partial charge is 0.308 e. The Kier molecular flexibility index (Phi) is 3.69. The second-order valence-electron chi connectivity index (χ2n) is 3.92. The Bertz CT molecular complexity index is 565. The fourth-order valence-corrected chi connectivity index (χ4v) is 1.61. The van der Waals surface area contributed by atoms with Crippen molar-refractivity contribution in [2.24, 2.45) is 10.8 Å². The van der Waals surface area contributed by atoms with Gasteiger partial charge in [0.2, 0.25) is 0 Å². The molecule has 0 aliphatic carbocycles. The van der Waals surface area contributed by atoms with Crippen LogP contribution in [0.5, 0.6) is 0 Å². The molecule has 92 valence electrons. The molecule has 4 heteroatoms. The topological polar surface area (TPSA) is 50.4 Å². The van der Waals surface area contributed by atoms with E-state index in [0.717, 1.165) is 5.56 Å². The van der Waals surface area contributed by atoms with Crippen LogP contribution in [0.2, 0.25) is 0 Å². The van der Waals surface area contributed by atoms with E-state index in [0.29, 0.717) is 17.1 Å². The first-order chi connectivity index (χ1) is 8.70. The van der Waals surface area contributed by atoms with Crippen LogP contribution in [0.1, 0.15) is 11.1 Å². The zero-order valence-electron chi connectivity index (χ0n) is 10.0. The average Bonchev–Trinajstić information content (AvgIpc) is 2.38. The standard InChI is InChI=1S/C14H14FN3/c1-10-7-8-12(13(15)9-10)14(18-16)17-11-5-3-2-4-6-11/h2-9H,16H2,1H3,(H,17,18). The Morgan fingerprint density at radius 2 is 1.89 bits per heavy atom. The van der Waals surface area contributed by atoms with Crippen molar-refractivity contribution in [1.82, 2.24) is 5.43 Å². The smallest absolute Gasteiger partial charge is 0.150 e. The van der Waals surface area contributed by atoms with Crippen LogP contribution in [0, 0.1) is 12.7 Å². The number of halogens is 1. The molecule has 2 aromatic rings. The molecule has 2 rings (SSSR count). The molecule has 0 atom stereocenters. The minimum absolute atomic E-state index is 0.304. The van der Waals surface area contributed by atoms with Crippen molar-refractivity contribution in [1.29, 1.82) is 0 Å². The van der Waals surface area contributed by atoms with Gasteiger partial charge in [0.25, 0.3) is 0 Å². The quantitative estimate of drug-likeness (QED) is 0.369. The third-order valence-corrected chi connectivity index (χ3v) is 2.51. The molecule has 0 radical (unpaired) electrons. The fourth-order valence-electron chi connectivity index (χ4n) is 1.61. The molecule has 0 aliphatic rings. The van der Waals surface area contributed by atoms with Gasteiger partial charge in [0.15, 0.2) is 5.84 Å². The lowest BCUT2D eigenvalue weighted by Crippen LogP contribution is -2.31. The zero-order chi connectivity index (χ0) is 13.0. The van der Waals surface area contributed by atoms with Crippen molar-refractivity contribution in [3.05, 3.63) is 65.5 Å². The van der Waals surface area contributed by atoms with E-state index in [1.54, 1.807) is 6.07 Å². The van der Waals surface area contributed by atoms with Crippen molar-refractivity contribution >= 4 is 11.5 Å². The van der Waals surface area contributed by atoms with E-state index < -0.39 is 0 Å². The Labute approximate surface area is 105 Å². The number of para-hydroxylation sites is 1. The van der Waals surface area contributed by atoms with Gasteiger partial charge in [-0.3, -0.25) is 0 Å². The molecule has 0 fully saturated rings. The first-order valence-electron chi connectivity index (χ1n) is 5.57. The van der Waals surface area contributed by atoms with E-state index in [-0.39, 0.29) is 5.82 Å². The van der Waals surface area contributed by atoms with Crippen LogP contribution < -0.4 is 11.3 Å². The number of hydrogen-bond acceptors (Lipinski definition) is 2. The number of aryl methyl sites for hydroxylation is 1. The highest BCUT2D eigenvalue weighted by Gasteiger charge is 2.08. The summed E-state index contributed by atoms with van der Waals surface area (Å²) in [6, 6.07) is 14.2. The lowest BCUT2D eigenvalue weighted by molar-refractivity contribution is 0.623. The van der Waals surface area contributed by atoms with Crippen molar-refractivity contribution in [3.63, 3.8) is 0 Å². The normalized spacial score (nSPS) is 11.4. The van der Waals surface area contributed by atoms with Gasteiger partial charge in [-0.05, 0) is 36.8 Å². The van der Waals surface area contributed by atoms with Crippen LogP contribution in [-0.4, -0.2) is 5.84 Å². The molecular formula is C14H14FN3. The predicted octanol–water partition coefficient (Wildman–Crippen LogP) is 2.68. The third kappa shape index (κ3) is 2.73. The molecule has 0 unspecified atom stereocenters. The molecule has 0 saturated heterocycles. The van der Waals surface area contributed by atoms with Gasteiger partial charge >= 0.3 is 0 Å². The summed E-state index contributed by atoms with van der Waals surface area (Å²) in [5, 5.41) is 0. The Morgan fingerprint density at radius 1 is 1.17 bits per heavy atom. The summed E-state index contributed by atoms with van der Waals surface area (Å²) in [7, 11) is 0. The first-order valence-corrected chi connectivity index (χ1v) is 5.57. The van der Waals surface area contributed by atoms with Crippen LogP contribution in [0.3, 0.4) is 0 Å².